The summed E-state index contributed by atoms with van der Waals surface area (Å²) >= 11 is 5.83. The summed E-state index contributed by atoms with van der Waals surface area (Å²) in [5.74, 6) is 0. The van der Waals surface area contributed by atoms with Crippen LogP contribution in [0.2, 0.25) is 5.02 Å². The van der Waals surface area contributed by atoms with E-state index in [0.29, 0.717) is 0 Å². The number of halogens is 4. The average Bonchev–Trinajstić information content (AvgIpc) is 2.97. The zero-order chi connectivity index (χ0) is 18.2. The van der Waals surface area contributed by atoms with Crippen molar-refractivity contribution in [3.63, 3.8) is 0 Å². The molecule has 0 aliphatic heterocycles. The molecule has 0 atom stereocenters. The highest BCUT2D eigenvalue weighted by Gasteiger charge is 2.32. The van der Waals surface area contributed by atoms with Crippen molar-refractivity contribution in [3.8, 4) is 0 Å². The molecular formula is C16H12ClF3N4O. The van der Waals surface area contributed by atoms with Crippen molar-refractivity contribution >= 4 is 28.7 Å². The van der Waals surface area contributed by atoms with E-state index in [-0.39, 0.29) is 22.6 Å². The maximum atomic E-state index is 12.9. The predicted molar refractivity (Wildman–Crippen MR) is 86.4 cm³/mol. The molecule has 3 rings (SSSR count). The summed E-state index contributed by atoms with van der Waals surface area (Å²) in [6, 6.07) is 8.29. The second kappa shape index (κ2) is 6.36. The number of nitrogens with zero attached hydrogens (tertiary/aromatic N) is 3. The normalized spacial score (nSPS) is 11.7. The molecule has 1 aromatic heterocycles. The zero-order valence-electron chi connectivity index (χ0n) is 12.9. The molecule has 1 N–H and O–H groups in total. The van der Waals surface area contributed by atoms with Crippen molar-refractivity contribution in [2.24, 2.45) is 0 Å². The van der Waals surface area contributed by atoms with Gasteiger partial charge in [0.2, 0.25) is 0 Å². The number of fused-ring (bicyclic) bond motifs is 1. The quantitative estimate of drug-likeness (QED) is 0.738. The van der Waals surface area contributed by atoms with Gasteiger partial charge in [0.15, 0.2) is 0 Å². The molecule has 3 aromatic rings. The number of nitrogens with one attached hydrogen (secondary N) is 1. The third kappa shape index (κ3) is 3.43. The Kier molecular flexibility index (Phi) is 4.38. The van der Waals surface area contributed by atoms with Crippen LogP contribution in [-0.4, -0.2) is 21.0 Å². The summed E-state index contributed by atoms with van der Waals surface area (Å²) in [5, 5.41) is 9.69. The topological polar surface area (TPSA) is 59.8 Å². The third-order valence-corrected chi connectivity index (χ3v) is 4.00. The van der Waals surface area contributed by atoms with Crippen molar-refractivity contribution in [1.82, 2.24) is 20.3 Å². The molecule has 0 saturated carbocycles. The van der Waals surface area contributed by atoms with E-state index < -0.39 is 17.8 Å². The Morgan fingerprint density at radius 1 is 1.28 bits per heavy atom. The highest BCUT2D eigenvalue weighted by Crippen LogP contribution is 2.34. The summed E-state index contributed by atoms with van der Waals surface area (Å²) < 4.78 is 39.6. The predicted octanol–water partition coefficient (Wildman–Crippen LogP) is 4.17. The molecule has 130 valence electrons. The molecule has 5 nitrogen and oxygen atoms in total. The number of aryl methyl sites for hydroxylation is 1. The highest BCUT2D eigenvalue weighted by molar-refractivity contribution is 6.35. The number of alkyl halides is 3. The fraction of sp³-hybridized carbons (Fsp3) is 0.188. The third-order valence-electron chi connectivity index (χ3n) is 3.72. The maximum Gasteiger partial charge on any atom is 0.416 e. The largest absolute Gasteiger partial charge is 0.416 e. The van der Waals surface area contributed by atoms with Crippen LogP contribution in [0.15, 0.2) is 36.4 Å². The van der Waals surface area contributed by atoms with Crippen LogP contribution in [-0.2, 0) is 12.7 Å². The second-order valence-corrected chi connectivity index (χ2v) is 5.82. The fourth-order valence-electron chi connectivity index (χ4n) is 2.35. The Balaban J connectivity index is 1.91. The minimum Gasteiger partial charge on any atom is -0.332 e. The SMILES string of the molecule is Cc1ccccc1CNC(=O)n1nnc2c(Cl)cc(C(F)(F)F)cc21. The molecule has 1 heterocycles. The van der Waals surface area contributed by atoms with Crippen molar-refractivity contribution in [2.75, 3.05) is 0 Å². The lowest BCUT2D eigenvalue weighted by Gasteiger charge is -2.09. The van der Waals surface area contributed by atoms with Crippen LogP contribution in [0, 0.1) is 6.92 Å². The first-order valence-electron chi connectivity index (χ1n) is 7.22. The first kappa shape index (κ1) is 17.2. The minimum absolute atomic E-state index is 0.0284. The van der Waals surface area contributed by atoms with Gasteiger partial charge in [0.25, 0.3) is 0 Å². The van der Waals surface area contributed by atoms with Crippen LogP contribution in [0.1, 0.15) is 16.7 Å². The molecule has 0 aliphatic carbocycles. The molecule has 0 fully saturated rings. The van der Waals surface area contributed by atoms with Gasteiger partial charge in [0.1, 0.15) is 11.0 Å². The summed E-state index contributed by atoms with van der Waals surface area (Å²) in [5.41, 5.74) is 0.811. The van der Waals surface area contributed by atoms with Gasteiger partial charge in [-0.2, -0.15) is 17.9 Å². The van der Waals surface area contributed by atoms with Gasteiger partial charge in [-0.1, -0.05) is 41.1 Å². The van der Waals surface area contributed by atoms with Gasteiger partial charge in [-0.15, -0.1) is 5.10 Å². The van der Waals surface area contributed by atoms with Gasteiger partial charge in [-0.25, -0.2) is 4.79 Å². The molecule has 0 radical (unpaired) electrons. The minimum atomic E-state index is -4.59. The molecule has 0 aliphatic rings. The van der Waals surface area contributed by atoms with Crippen molar-refractivity contribution in [3.05, 3.63) is 58.1 Å². The van der Waals surface area contributed by atoms with Crippen LogP contribution < -0.4 is 5.32 Å². The van der Waals surface area contributed by atoms with Gasteiger partial charge in [-0.05, 0) is 30.2 Å². The summed E-state index contributed by atoms with van der Waals surface area (Å²) in [6.45, 7) is 2.10. The first-order valence-corrected chi connectivity index (χ1v) is 7.60. The van der Waals surface area contributed by atoms with Crippen molar-refractivity contribution in [2.45, 2.75) is 19.6 Å². The van der Waals surface area contributed by atoms with Gasteiger partial charge < -0.3 is 5.32 Å². The van der Waals surface area contributed by atoms with Crippen LogP contribution in [0.5, 0.6) is 0 Å². The number of benzene rings is 2. The number of carbonyl (C=O) groups excluding carboxylic acids is 1. The van der Waals surface area contributed by atoms with Gasteiger partial charge in [0.05, 0.1) is 10.6 Å². The fourth-order valence-corrected chi connectivity index (χ4v) is 2.60. The Morgan fingerprint density at radius 2 is 2.00 bits per heavy atom. The molecule has 0 spiro atoms. The van der Waals surface area contributed by atoms with Gasteiger partial charge >= 0.3 is 12.2 Å². The van der Waals surface area contributed by atoms with E-state index in [1.54, 1.807) is 0 Å². The van der Waals surface area contributed by atoms with E-state index in [0.717, 1.165) is 27.9 Å². The molecule has 25 heavy (non-hydrogen) atoms. The van der Waals surface area contributed by atoms with Gasteiger partial charge in [-0.3, -0.25) is 0 Å². The molecule has 1 amide bonds. The van der Waals surface area contributed by atoms with Crippen LogP contribution >= 0.6 is 11.6 Å². The Morgan fingerprint density at radius 3 is 2.68 bits per heavy atom. The van der Waals surface area contributed by atoms with Crippen molar-refractivity contribution < 1.29 is 18.0 Å². The van der Waals surface area contributed by atoms with E-state index in [1.165, 1.54) is 0 Å². The summed E-state index contributed by atoms with van der Waals surface area (Å²) in [7, 11) is 0. The first-order chi connectivity index (χ1) is 11.8. The maximum absolute atomic E-state index is 12.9. The summed E-state index contributed by atoms with van der Waals surface area (Å²) in [4.78, 5) is 12.3. The Labute approximate surface area is 145 Å². The lowest BCUT2D eigenvalue weighted by molar-refractivity contribution is -0.137. The number of aromatic nitrogens is 3. The monoisotopic (exact) mass is 368 g/mol. The molecule has 2 aromatic carbocycles. The molecule has 0 unspecified atom stereocenters. The number of amides is 1. The smallest absolute Gasteiger partial charge is 0.332 e. The highest BCUT2D eigenvalue weighted by atomic mass is 35.5. The van der Waals surface area contributed by atoms with Gasteiger partial charge in [0, 0.05) is 6.54 Å². The van der Waals surface area contributed by atoms with E-state index in [2.05, 4.69) is 15.6 Å². The molecule has 0 bridgehead atoms. The lowest BCUT2D eigenvalue weighted by atomic mass is 10.1. The van der Waals surface area contributed by atoms with Crippen molar-refractivity contribution in [1.29, 1.82) is 0 Å². The lowest BCUT2D eigenvalue weighted by Crippen LogP contribution is -2.29. The zero-order valence-corrected chi connectivity index (χ0v) is 13.7. The van der Waals surface area contributed by atoms with Crippen LogP contribution in [0.25, 0.3) is 11.0 Å². The standard InChI is InChI=1S/C16H12ClF3N4O/c1-9-4-2-3-5-10(9)8-21-15(25)24-13-7-11(16(18,19)20)6-12(17)14(13)22-23-24/h2-7H,8H2,1H3,(H,21,25). The molecular weight excluding hydrogens is 357 g/mol. The number of hydrogen-bond acceptors (Lipinski definition) is 3. The number of rotatable bonds is 2. The average molecular weight is 369 g/mol. The second-order valence-electron chi connectivity index (χ2n) is 5.41. The molecule has 0 saturated heterocycles. The Hall–Kier alpha value is -2.61. The Bertz CT molecular complexity index is 952. The number of carbonyl (C=O) groups is 1. The van der Waals surface area contributed by atoms with E-state index >= 15 is 0 Å². The van der Waals surface area contributed by atoms with E-state index in [1.807, 2.05) is 31.2 Å². The van der Waals surface area contributed by atoms with E-state index in [4.69, 9.17) is 11.6 Å². The van der Waals surface area contributed by atoms with E-state index in [9.17, 15) is 18.0 Å². The molecule has 9 heteroatoms. The number of hydrogen-bond donors (Lipinski definition) is 1. The van der Waals surface area contributed by atoms with Crippen LogP contribution in [0.3, 0.4) is 0 Å². The summed E-state index contributed by atoms with van der Waals surface area (Å²) in [6.07, 6.45) is -4.59. The van der Waals surface area contributed by atoms with Crippen LogP contribution in [0.4, 0.5) is 18.0 Å².